The number of nitrogens with one attached hydrogen (secondary N) is 2. The first-order valence-corrected chi connectivity index (χ1v) is 12.1. The van der Waals surface area contributed by atoms with E-state index in [1.807, 2.05) is 0 Å². The maximum Gasteiger partial charge on any atom is 0.255 e. The molecule has 4 aliphatic carbocycles. The fraction of sp³-hybridized carbons (Fsp3) is 0.500. The van der Waals surface area contributed by atoms with Gasteiger partial charge in [-0.1, -0.05) is 27.7 Å². The fourth-order valence-corrected chi connectivity index (χ4v) is 6.72. The Bertz CT molecular complexity index is 1120. The molecule has 0 heterocycles. The van der Waals surface area contributed by atoms with Crippen molar-refractivity contribution in [3.63, 3.8) is 0 Å². The molecular formula is C28H32N2O4. The molecule has 6 heteroatoms. The summed E-state index contributed by atoms with van der Waals surface area (Å²) in [5.74, 6) is 0.767. The lowest BCUT2D eigenvalue weighted by Crippen LogP contribution is -2.27. The minimum atomic E-state index is -0.278. The third-order valence-electron chi connectivity index (χ3n) is 8.92. The van der Waals surface area contributed by atoms with Crippen molar-refractivity contribution < 1.29 is 19.2 Å². The van der Waals surface area contributed by atoms with Gasteiger partial charge < -0.3 is 10.6 Å². The highest BCUT2D eigenvalue weighted by Crippen LogP contribution is 2.69. The first-order chi connectivity index (χ1) is 15.9. The van der Waals surface area contributed by atoms with Gasteiger partial charge in [0, 0.05) is 33.7 Å². The molecule has 1 aromatic carbocycles. The van der Waals surface area contributed by atoms with E-state index in [1.165, 1.54) is 0 Å². The maximum atomic E-state index is 12.8. The van der Waals surface area contributed by atoms with Gasteiger partial charge in [-0.05, 0) is 85.5 Å². The summed E-state index contributed by atoms with van der Waals surface area (Å²) in [6, 6.07) is 6.47. The zero-order chi connectivity index (χ0) is 24.7. The second-order valence-electron chi connectivity index (χ2n) is 11.6. The topological polar surface area (TPSA) is 92.3 Å². The second-order valence-corrected chi connectivity index (χ2v) is 11.6. The molecule has 1 aromatic rings. The number of hydrogen-bond donors (Lipinski definition) is 2. The fourth-order valence-electron chi connectivity index (χ4n) is 6.72. The molecule has 0 aromatic heterocycles. The van der Waals surface area contributed by atoms with E-state index >= 15 is 0 Å². The lowest BCUT2D eigenvalue weighted by atomic mass is 9.96. The van der Waals surface area contributed by atoms with Crippen molar-refractivity contribution in [2.45, 2.75) is 54.4 Å². The van der Waals surface area contributed by atoms with Crippen LogP contribution in [0.4, 0.5) is 0 Å². The van der Waals surface area contributed by atoms with Crippen molar-refractivity contribution in [1.82, 2.24) is 10.6 Å². The van der Waals surface area contributed by atoms with Gasteiger partial charge in [-0.25, -0.2) is 0 Å². The van der Waals surface area contributed by atoms with Crippen molar-refractivity contribution in [3.05, 3.63) is 57.9 Å². The van der Waals surface area contributed by atoms with E-state index in [1.54, 1.807) is 38.1 Å². The molecule has 34 heavy (non-hydrogen) atoms. The molecule has 5 rings (SSSR count). The predicted octanol–water partition coefficient (Wildman–Crippen LogP) is 4.18. The summed E-state index contributed by atoms with van der Waals surface area (Å²) in [4.78, 5) is 50.1. The molecule has 2 saturated carbocycles. The van der Waals surface area contributed by atoms with Crippen LogP contribution in [0.25, 0.3) is 0 Å². The predicted molar refractivity (Wildman–Crippen MR) is 128 cm³/mol. The number of ketones is 2. The maximum absolute atomic E-state index is 12.8. The van der Waals surface area contributed by atoms with Crippen LogP contribution in [0.3, 0.4) is 0 Å². The molecule has 178 valence electrons. The highest BCUT2D eigenvalue weighted by Gasteiger charge is 2.64. The highest BCUT2D eigenvalue weighted by molar-refractivity contribution is 6.02. The van der Waals surface area contributed by atoms with Gasteiger partial charge in [0.25, 0.3) is 11.8 Å². The van der Waals surface area contributed by atoms with Crippen LogP contribution >= 0.6 is 0 Å². The average Bonchev–Trinajstić information content (AvgIpc) is 3.26. The van der Waals surface area contributed by atoms with Crippen LogP contribution in [0, 0.1) is 34.5 Å². The third-order valence-corrected chi connectivity index (χ3v) is 8.92. The van der Waals surface area contributed by atoms with Crippen LogP contribution in [0.2, 0.25) is 0 Å². The number of benzene rings is 1. The summed E-state index contributed by atoms with van der Waals surface area (Å²) >= 11 is 0. The molecule has 0 radical (unpaired) electrons. The Morgan fingerprint density at radius 1 is 0.676 bits per heavy atom. The monoisotopic (exact) mass is 460 g/mol. The van der Waals surface area contributed by atoms with E-state index in [9.17, 15) is 19.2 Å². The van der Waals surface area contributed by atoms with Crippen molar-refractivity contribution in [2.24, 2.45) is 34.5 Å². The second kappa shape index (κ2) is 7.24. The largest absolute Gasteiger partial charge is 0.325 e. The first kappa shape index (κ1) is 22.8. The van der Waals surface area contributed by atoms with Gasteiger partial charge in [0.1, 0.15) is 0 Å². The Hall–Kier alpha value is -3.02. The smallest absolute Gasteiger partial charge is 0.255 e. The Morgan fingerprint density at radius 2 is 1.00 bits per heavy atom. The molecular weight excluding hydrogens is 428 g/mol. The van der Waals surface area contributed by atoms with Crippen molar-refractivity contribution in [3.8, 4) is 0 Å². The van der Waals surface area contributed by atoms with E-state index in [0.29, 0.717) is 35.8 Å². The lowest BCUT2D eigenvalue weighted by molar-refractivity contribution is -0.114. The number of Topliss-reactive ketones (excluding diaryl/α,β-unsaturated/α-hetero) is 2. The molecule has 4 atom stereocenters. The Balaban J connectivity index is 1.27. The van der Waals surface area contributed by atoms with Crippen LogP contribution in [0.5, 0.6) is 0 Å². The summed E-state index contributed by atoms with van der Waals surface area (Å²) in [7, 11) is 0. The standard InChI is InChI=1S/C28H32N2O4/c1-13(31)21-19(11-17-23(21)27(17,3)4)29-25(33)15-7-9-16(10-8-15)26(34)30-20-12-18-24(28(18,5)6)22(20)14(2)32/h7-10,17-18,23-24H,11-12H2,1-6H3,(H,29,33)(H,30,34)/t17-,18-,23+,24+/m1/s1. The molecule has 0 unspecified atom stereocenters. The minimum Gasteiger partial charge on any atom is -0.325 e. The molecule has 4 aliphatic rings. The molecule has 2 N–H and O–H groups in total. The summed E-state index contributed by atoms with van der Waals surface area (Å²) in [5, 5.41) is 5.89. The lowest BCUT2D eigenvalue weighted by Gasteiger charge is -2.16. The van der Waals surface area contributed by atoms with Gasteiger partial charge in [-0.2, -0.15) is 0 Å². The third kappa shape index (κ3) is 3.29. The molecule has 0 aliphatic heterocycles. The number of rotatable bonds is 6. The Kier molecular flexibility index (Phi) is 4.84. The molecule has 0 saturated heterocycles. The number of hydrogen-bond acceptors (Lipinski definition) is 4. The van der Waals surface area contributed by atoms with E-state index in [0.717, 1.165) is 22.5 Å². The van der Waals surface area contributed by atoms with Gasteiger partial charge in [0.15, 0.2) is 11.6 Å². The van der Waals surface area contributed by atoms with E-state index in [2.05, 4.69) is 38.3 Å². The van der Waals surface area contributed by atoms with Crippen LogP contribution < -0.4 is 10.6 Å². The summed E-state index contributed by atoms with van der Waals surface area (Å²) in [6.45, 7) is 11.8. The molecule has 0 spiro atoms. The summed E-state index contributed by atoms with van der Waals surface area (Å²) < 4.78 is 0. The highest BCUT2D eigenvalue weighted by atomic mass is 16.2. The van der Waals surface area contributed by atoms with Gasteiger partial charge >= 0.3 is 0 Å². The van der Waals surface area contributed by atoms with Gasteiger partial charge in [-0.3, -0.25) is 19.2 Å². The number of fused-ring (bicyclic) bond motifs is 2. The number of carbonyl (C=O) groups is 4. The van der Waals surface area contributed by atoms with Crippen LogP contribution in [0.15, 0.2) is 46.8 Å². The van der Waals surface area contributed by atoms with Gasteiger partial charge in [-0.15, -0.1) is 0 Å². The van der Waals surface area contributed by atoms with E-state index in [4.69, 9.17) is 0 Å². The van der Waals surface area contributed by atoms with Crippen LogP contribution in [-0.4, -0.2) is 23.4 Å². The molecule has 0 bridgehead atoms. The Labute approximate surface area is 200 Å². The van der Waals surface area contributed by atoms with Crippen LogP contribution in [-0.2, 0) is 9.59 Å². The Morgan fingerprint density at radius 3 is 1.29 bits per heavy atom. The number of allylic oxidation sites excluding steroid dienone is 4. The zero-order valence-corrected chi connectivity index (χ0v) is 20.7. The van der Waals surface area contributed by atoms with Gasteiger partial charge in [0.2, 0.25) is 0 Å². The van der Waals surface area contributed by atoms with Crippen molar-refractivity contribution >= 4 is 23.4 Å². The molecule has 6 nitrogen and oxygen atoms in total. The molecule has 2 fully saturated rings. The first-order valence-electron chi connectivity index (χ1n) is 12.1. The van der Waals surface area contributed by atoms with Crippen molar-refractivity contribution in [1.29, 1.82) is 0 Å². The average molecular weight is 461 g/mol. The van der Waals surface area contributed by atoms with E-state index < -0.39 is 0 Å². The molecule has 2 amide bonds. The van der Waals surface area contributed by atoms with Crippen LogP contribution in [0.1, 0.15) is 75.1 Å². The SMILES string of the molecule is CC(=O)C1=C(NC(=O)c2ccc(C(=O)NC3=C(C(C)=O)[C@@H]4[C@@H](C3)C4(C)C)cc2)C[C@@H]2[C@@H]1C2(C)C. The quantitative estimate of drug-likeness (QED) is 0.666. The zero-order valence-electron chi connectivity index (χ0n) is 20.7. The van der Waals surface area contributed by atoms with Crippen molar-refractivity contribution in [2.75, 3.05) is 0 Å². The normalized spacial score (nSPS) is 29.4. The summed E-state index contributed by atoms with van der Waals surface area (Å²) in [6.07, 6.45) is 1.43. The number of carbonyl (C=O) groups excluding carboxylic acids is 4. The summed E-state index contributed by atoms with van der Waals surface area (Å²) in [5.41, 5.74) is 4.09. The minimum absolute atomic E-state index is 0.0209. The number of amides is 2. The van der Waals surface area contributed by atoms with Gasteiger partial charge in [0.05, 0.1) is 0 Å². The van der Waals surface area contributed by atoms with E-state index in [-0.39, 0.29) is 46.0 Å².